The van der Waals surface area contributed by atoms with Gasteiger partial charge in [-0.05, 0) is 25.7 Å². The summed E-state index contributed by atoms with van der Waals surface area (Å²) in [6, 6.07) is 2.07. The summed E-state index contributed by atoms with van der Waals surface area (Å²) in [6.45, 7) is 3.15. The van der Waals surface area contributed by atoms with E-state index in [0.29, 0.717) is 31.2 Å². The molecule has 0 bridgehead atoms. The van der Waals surface area contributed by atoms with Crippen LogP contribution in [0.3, 0.4) is 0 Å². The van der Waals surface area contributed by atoms with Crippen LogP contribution in [0.15, 0.2) is 18.2 Å². The Balaban J connectivity index is 0.000000258. The average molecular weight is 406 g/mol. The van der Waals surface area contributed by atoms with Crippen molar-refractivity contribution in [2.24, 2.45) is 0 Å². The fourth-order valence-corrected chi connectivity index (χ4v) is 3.34. The van der Waals surface area contributed by atoms with Crippen molar-refractivity contribution in [3.8, 4) is 0 Å². The second kappa shape index (κ2) is 9.67. The SMILES string of the molecule is FC1CN(c2cc(N3CCCCCC3)nc(C3CC3)n2)C1.O=C(O)C=CC(=O)O. The lowest BCUT2D eigenvalue weighted by Gasteiger charge is -2.36. The molecule has 3 fully saturated rings. The number of carboxylic acid groups (broad SMARTS) is 2. The van der Waals surface area contributed by atoms with Gasteiger partial charge in [-0.2, -0.15) is 0 Å². The monoisotopic (exact) mass is 406 g/mol. The molecule has 29 heavy (non-hydrogen) atoms. The van der Waals surface area contributed by atoms with Gasteiger partial charge in [-0.25, -0.2) is 23.9 Å². The molecule has 1 aliphatic carbocycles. The molecule has 1 aromatic heterocycles. The molecule has 158 valence electrons. The Bertz CT molecular complexity index is 739. The predicted molar refractivity (Wildman–Crippen MR) is 106 cm³/mol. The number of carbonyl (C=O) groups is 2. The van der Waals surface area contributed by atoms with E-state index in [-0.39, 0.29) is 0 Å². The number of carboxylic acids is 2. The first-order valence-electron chi connectivity index (χ1n) is 10.1. The van der Waals surface area contributed by atoms with Gasteiger partial charge in [0.1, 0.15) is 23.6 Å². The molecule has 1 saturated carbocycles. The topological polar surface area (TPSA) is 107 Å². The fraction of sp³-hybridized carbons (Fsp3) is 0.600. The standard InChI is InChI=1S/C16H23FN4.C4H4O4/c17-13-10-21(11-13)15-9-14(18-16(19-15)12-5-6-12)20-7-3-1-2-4-8-20;5-3(6)1-2-4(7)8/h9,12-13H,1-8,10-11H2;1-2H,(H,5,6)(H,7,8). The minimum absolute atomic E-state index is 0.487. The summed E-state index contributed by atoms with van der Waals surface area (Å²) in [5, 5.41) is 15.6. The second-order valence-corrected chi connectivity index (χ2v) is 7.63. The molecular formula is C20H27FN4O4. The summed E-state index contributed by atoms with van der Waals surface area (Å²) in [6.07, 6.45) is 7.96. The zero-order chi connectivity index (χ0) is 20.8. The van der Waals surface area contributed by atoms with Crippen LogP contribution in [-0.4, -0.2) is 64.5 Å². The van der Waals surface area contributed by atoms with Gasteiger partial charge in [-0.1, -0.05) is 12.8 Å². The van der Waals surface area contributed by atoms with Gasteiger partial charge >= 0.3 is 11.9 Å². The van der Waals surface area contributed by atoms with Crippen LogP contribution in [0.5, 0.6) is 0 Å². The van der Waals surface area contributed by atoms with E-state index in [4.69, 9.17) is 20.2 Å². The van der Waals surface area contributed by atoms with Gasteiger partial charge < -0.3 is 20.0 Å². The highest BCUT2D eigenvalue weighted by Gasteiger charge is 2.32. The van der Waals surface area contributed by atoms with E-state index in [0.717, 1.165) is 30.5 Å². The quantitative estimate of drug-likeness (QED) is 0.719. The first-order valence-corrected chi connectivity index (χ1v) is 10.1. The largest absolute Gasteiger partial charge is 0.478 e. The Labute approximate surface area is 169 Å². The maximum Gasteiger partial charge on any atom is 0.328 e. The molecule has 0 atom stereocenters. The van der Waals surface area contributed by atoms with Gasteiger partial charge in [0.15, 0.2) is 0 Å². The van der Waals surface area contributed by atoms with E-state index in [9.17, 15) is 14.0 Å². The predicted octanol–water partition coefficient (Wildman–Crippen LogP) is 2.60. The summed E-state index contributed by atoms with van der Waals surface area (Å²) in [5.74, 6) is 0.998. The van der Waals surface area contributed by atoms with Gasteiger partial charge in [0.25, 0.3) is 0 Å². The van der Waals surface area contributed by atoms with Gasteiger partial charge in [0, 0.05) is 37.2 Å². The summed E-state index contributed by atoms with van der Waals surface area (Å²) in [5.41, 5.74) is 0. The maximum atomic E-state index is 13.1. The highest BCUT2D eigenvalue weighted by molar-refractivity contribution is 5.89. The number of anilines is 2. The van der Waals surface area contributed by atoms with Gasteiger partial charge in [-0.3, -0.25) is 0 Å². The van der Waals surface area contributed by atoms with Gasteiger partial charge in [-0.15, -0.1) is 0 Å². The van der Waals surface area contributed by atoms with E-state index in [1.165, 1.54) is 38.5 Å². The first-order chi connectivity index (χ1) is 13.9. The molecule has 0 unspecified atom stereocenters. The molecule has 2 saturated heterocycles. The van der Waals surface area contributed by atoms with Crippen molar-refractivity contribution < 1.29 is 24.2 Å². The third-order valence-electron chi connectivity index (χ3n) is 5.12. The number of nitrogens with zero attached hydrogens (tertiary/aromatic N) is 4. The molecule has 0 aromatic carbocycles. The molecule has 1 aromatic rings. The average Bonchev–Trinajstić information content (AvgIpc) is 3.51. The van der Waals surface area contributed by atoms with Gasteiger partial charge in [0.2, 0.25) is 0 Å². The molecule has 3 aliphatic rings. The Kier molecular flexibility index (Phi) is 7.00. The molecule has 0 radical (unpaired) electrons. The lowest BCUT2D eigenvalue weighted by molar-refractivity contribution is -0.134. The van der Waals surface area contributed by atoms with E-state index < -0.39 is 18.1 Å². The molecule has 9 heteroatoms. The van der Waals surface area contributed by atoms with Crippen LogP contribution in [0.1, 0.15) is 50.3 Å². The van der Waals surface area contributed by atoms with Crippen LogP contribution in [0.2, 0.25) is 0 Å². The maximum absolute atomic E-state index is 13.1. The lowest BCUT2D eigenvalue weighted by atomic mass is 10.2. The van der Waals surface area contributed by atoms with Crippen LogP contribution >= 0.6 is 0 Å². The van der Waals surface area contributed by atoms with Crippen molar-refractivity contribution in [2.75, 3.05) is 36.0 Å². The van der Waals surface area contributed by atoms with Crippen LogP contribution in [-0.2, 0) is 9.59 Å². The molecular weight excluding hydrogens is 379 g/mol. The fourth-order valence-electron chi connectivity index (χ4n) is 3.34. The highest BCUT2D eigenvalue weighted by atomic mass is 19.1. The number of aliphatic carboxylic acids is 2. The molecule has 0 spiro atoms. The zero-order valence-corrected chi connectivity index (χ0v) is 16.3. The summed E-state index contributed by atoms with van der Waals surface area (Å²) in [7, 11) is 0. The highest BCUT2D eigenvalue weighted by Crippen LogP contribution is 2.40. The smallest absolute Gasteiger partial charge is 0.328 e. The van der Waals surface area contributed by atoms with E-state index in [1.54, 1.807) is 0 Å². The van der Waals surface area contributed by atoms with E-state index in [2.05, 4.69) is 11.0 Å². The number of alkyl halides is 1. The second-order valence-electron chi connectivity index (χ2n) is 7.63. The van der Waals surface area contributed by atoms with Crippen molar-refractivity contribution in [1.29, 1.82) is 0 Å². The summed E-state index contributed by atoms with van der Waals surface area (Å²) < 4.78 is 13.1. The van der Waals surface area contributed by atoms with Crippen LogP contribution in [0.25, 0.3) is 0 Å². The third kappa shape index (κ3) is 6.40. The van der Waals surface area contributed by atoms with Crippen molar-refractivity contribution in [1.82, 2.24) is 9.97 Å². The Morgan fingerprint density at radius 2 is 1.45 bits per heavy atom. The van der Waals surface area contributed by atoms with E-state index >= 15 is 0 Å². The molecule has 2 aliphatic heterocycles. The number of aromatic nitrogens is 2. The minimum Gasteiger partial charge on any atom is -0.478 e. The van der Waals surface area contributed by atoms with Crippen LogP contribution < -0.4 is 9.80 Å². The van der Waals surface area contributed by atoms with Crippen molar-refractivity contribution in [3.63, 3.8) is 0 Å². The number of hydrogen-bond acceptors (Lipinski definition) is 6. The summed E-state index contributed by atoms with van der Waals surface area (Å²) in [4.78, 5) is 33.1. The van der Waals surface area contributed by atoms with Crippen molar-refractivity contribution >= 4 is 23.6 Å². The van der Waals surface area contributed by atoms with Crippen LogP contribution in [0.4, 0.5) is 16.0 Å². The molecule has 0 amide bonds. The van der Waals surface area contributed by atoms with E-state index in [1.807, 2.05) is 4.90 Å². The number of rotatable bonds is 5. The third-order valence-corrected chi connectivity index (χ3v) is 5.12. The molecule has 2 N–H and O–H groups in total. The number of halogens is 1. The first kappa shape index (κ1) is 21.0. The Hall–Kier alpha value is -2.71. The van der Waals surface area contributed by atoms with Gasteiger partial charge in [0.05, 0.1) is 13.1 Å². The molecule has 4 rings (SSSR count). The lowest BCUT2D eigenvalue weighted by Crippen LogP contribution is -2.49. The zero-order valence-electron chi connectivity index (χ0n) is 16.3. The number of hydrogen-bond donors (Lipinski definition) is 2. The molecule has 8 nitrogen and oxygen atoms in total. The normalized spacial score (nSPS) is 19.9. The Morgan fingerprint density at radius 3 is 1.90 bits per heavy atom. The van der Waals surface area contributed by atoms with Crippen molar-refractivity contribution in [2.45, 2.75) is 50.6 Å². The summed E-state index contributed by atoms with van der Waals surface area (Å²) >= 11 is 0. The van der Waals surface area contributed by atoms with Crippen molar-refractivity contribution in [3.05, 3.63) is 24.0 Å². The molecule has 3 heterocycles. The Morgan fingerprint density at radius 1 is 0.931 bits per heavy atom. The minimum atomic E-state index is -1.26. The van der Waals surface area contributed by atoms with Crippen LogP contribution in [0, 0.1) is 0 Å².